The van der Waals surface area contributed by atoms with E-state index in [1.165, 1.54) is 12.8 Å². The third-order valence-electron chi connectivity index (χ3n) is 4.94. The molecule has 1 unspecified atom stereocenters. The van der Waals surface area contributed by atoms with Gasteiger partial charge in [0.1, 0.15) is 0 Å². The second-order valence-corrected chi connectivity index (χ2v) is 6.44. The van der Waals surface area contributed by atoms with Crippen LogP contribution < -0.4 is 10.6 Å². The normalized spacial score (nSPS) is 31.8. The maximum absolute atomic E-state index is 12.3. The van der Waals surface area contributed by atoms with Crippen LogP contribution in [-0.4, -0.2) is 48.4 Å². The van der Waals surface area contributed by atoms with E-state index in [0.29, 0.717) is 19.0 Å². The van der Waals surface area contributed by atoms with Crippen LogP contribution in [0.15, 0.2) is 0 Å². The zero-order chi connectivity index (χ0) is 13.9. The van der Waals surface area contributed by atoms with Crippen LogP contribution in [-0.2, 0) is 9.59 Å². The van der Waals surface area contributed by atoms with E-state index in [1.807, 2.05) is 4.90 Å². The molecule has 112 valence electrons. The van der Waals surface area contributed by atoms with E-state index in [-0.39, 0.29) is 23.8 Å². The van der Waals surface area contributed by atoms with E-state index in [0.717, 1.165) is 38.8 Å². The van der Waals surface area contributed by atoms with Gasteiger partial charge in [-0.1, -0.05) is 12.8 Å². The molecule has 20 heavy (non-hydrogen) atoms. The lowest BCUT2D eigenvalue weighted by molar-refractivity contribution is -0.130. The minimum Gasteiger partial charge on any atom is -0.352 e. The summed E-state index contributed by atoms with van der Waals surface area (Å²) in [6.45, 7) is 2.54. The van der Waals surface area contributed by atoms with Gasteiger partial charge in [-0.2, -0.15) is 0 Å². The number of likely N-dealkylation sites (tertiary alicyclic amines) is 1. The van der Waals surface area contributed by atoms with Crippen molar-refractivity contribution < 1.29 is 9.59 Å². The van der Waals surface area contributed by atoms with Crippen molar-refractivity contribution >= 4 is 11.8 Å². The highest BCUT2D eigenvalue weighted by molar-refractivity contribution is 5.89. The van der Waals surface area contributed by atoms with Crippen LogP contribution in [0.2, 0.25) is 0 Å². The fourth-order valence-electron chi connectivity index (χ4n) is 3.77. The fraction of sp³-hybridized carbons (Fsp3) is 0.867. The molecule has 2 heterocycles. The molecule has 2 atom stereocenters. The van der Waals surface area contributed by atoms with Crippen LogP contribution in [0.3, 0.4) is 0 Å². The summed E-state index contributed by atoms with van der Waals surface area (Å²) in [4.78, 5) is 26.4. The Balaban J connectivity index is 1.52. The number of piperidine rings is 1. The van der Waals surface area contributed by atoms with E-state index in [4.69, 9.17) is 0 Å². The first-order chi connectivity index (χ1) is 9.74. The second kappa shape index (κ2) is 6.12. The molecule has 3 rings (SSSR count). The molecule has 2 aliphatic heterocycles. The number of hydrogen-bond donors (Lipinski definition) is 2. The monoisotopic (exact) mass is 279 g/mol. The van der Waals surface area contributed by atoms with Crippen molar-refractivity contribution in [3.8, 4) is 0 Å². The summed E-state index contributed by atoms with van der Waals surface area (Å²) < 4.78 is 0. The van der Waals surface area contributed by atoms with Gasteiger partial charge in [0.25, 0.3) is 0 Å². The Bertz CT molecular complexity index is 373. The molecule has 2 amide bonds. The molecular formula is C15H25N3O2. The number of amides is 2. The molecular weight excluding hydrogens is 254 g/mol. The molecule has 2 N–H and O–H groups in total. The van der Waals surface area contributed by atoms with Crippen LogP contribution in [0, 0.1) is 5.92 Å². The standard InChI is InChI=1S/C15H25N3O2/c19-14-8-11(10-18(14)13-5-1-2-6-13)15(20)17-12-4-3-7-16-9-12/h11-13,16H,1-10H2,(H,17,20)/t11?,12-/m0/s1. The summed E-state index contributed by atoms with van der Waals surface area (Å²) in [6, 6.07) is 0.642. The van der Waals surface area contributed by atoms with Gasteiger partial charge in [0.2, 0.25) is 11.8 Å². The summed E-state index contributed by atoms with van der Waals surface area (Å²) in [5, 5.41) is 6.41. The summed E-state index contributed by atoms with van der Waals surface area (Å²) >= 11 is 0. The van der Waals surface area contributed by atoms with Gasteiger partial charge in [0.05, 0.1) is 5.92 Å². The predicted molar refractivity (Wildman–Crippen MR) is 76.1 cm³/mol. The Labute approximate surface area is 120 Å². The van der Waals surface area contributed by atoms with Crippen molar-refractivity contribution in [2.24, 2.45) is 5.92 Å². The Morgan fingerprint density at radius 1 is 1.20 bits per heavy atom. The maximum Gasteiger partial charge on any atom is 0.225 e. The third-order valence-corrected chi connectivity index (χ3v) is 4.94. The molecule has 3 aliphatic rings. The Morgan fingerprint density at radius 3 is 2.70 bits per heavy atom. The summed E-state index contributed by atoms with van der Waals surface area (Å²) in [6.07, 6.45) is 7.24. The molecule has 2 saturated heterocycles. The lowest BCUT2D eigenvalue weighted by Crippen LogP contribution is -2.48. The summed E-state index contributed by atoms with van der Waals surface area (Å²) in [5.41, 5.74) is 0. The minimum atomic E-state index is -0.134. The van der Waals surface area contributed by atoms with Gasteiger partial charge in [-0.25, -0.2) is 0 Å². The Morgan fingerprint density at radius 2 is 2.00 bits per heavy atom. The average Bonchev–Trinajstić information content (AvgIpc) is 3.08. The lowest BCUT2D eigenvalue weighted by atomic mass is 10.0. The van der Waals surface area contributed by atoms with Gasteiger partial charge in [0, 0.05) is 31.6 Å². The maximum atomic E-state index is 12.3. The van der Waals surface area contributed by atoms with E-state index < -0.39 is 0 Å². The summed E-state index contributed by atoms with van der Waals surface area (Å²) in [7, 11) is 0. The van der Waals surface area contributed by atoms with Gasteiger partial charge in [-0.3, -0.25) is 9.59 Å². The summed E-state index contributed by atoms with van der Waals surface area (Å²) in [5.74, 6) is 0.122. The zero-order valence-electron chi connectivity index (χ0n) is 12.1. The van der Waals surface area contributed by atoms with E-state index in [1.54, 1.807) is 0 Å². The lowest BCUT2D eigenvalue weighted by Gasteiger charge is -2.26. The number of nitrogens with zero attached hydrogens (tertiary/aromatic N) is 1. The number of rotatable bonds is 3. The van der Waals surface area contributed by atoms with Crippen LogP contribution in [0.1, 0.15) is 44.9 Å². The van der Waals surface area contributed by atoms with Crippen molar-refractivity contribution in [3.63, 3.8) is 0 Å². The first kappa shape index (κ1) is 13.9. The number of hydrogen-bond acceptors (Lipinski definition) is 3. The quantitative estimate of drug-likeness (QED) is 0.797. The van der Waals surface area contributed by atoms with Crippen molar-refractivity contribution in [1.82, 2.24) is 15.5 Å². The van der Waals surface area contributed by atoms with Crippen molar-refractivity contribution in [1.29, 1.82) is 0 Å². The predicted octanol–water partition coefficient (Wildman–Crippen LogP) is 0.646. The Kier molecular flexibility index (Phi) is 4.24. The van der Waals surface area contributed by atoms with E-state index in [9.17, 15) is 9.59 Å². The van der Waals surface area contributed by atoms with Gasteiger partial charge in [-0.05, 0) is 32.2 Å². The molecule has 0 aromatic rings. The molecule has 5 nitrogen and oxygen atoms in total. The van der Waals surface area contributed by atoms with Gasteiger partial charge < -0.3 is 15.5 Å². The SMILES string of the molecule is O=C(N[C@H]1CCCNC1)C1CC(=O)N(C2CCCC2)C1. The molecule has 0 bridgehead atoms. The molecule has 1 saturated carbocycles. The van der Waals surface area contributed by atoms with E-state index in [2.05, 4.69) is 10.6 Å². The van der Waals surface area contributed by atoms with Gasteiger partial charge in [-0.15, -0.1) is 0 Å². The zero-order valence-corrected chi connectivity index (χ0v) is 12.1. The topological polar surface area (TPSA) is 61.4 Å². The molecule has 5 heteroatoms. The van der Waals surface area contributed by atoms with Crippen molar-refractivity contribution in [2.45, 2.75) is 57.0 Å². The molecule has 0 radical (unpaired) electrons. The molecule has 3 fully saturated rings. The van der Waals surface area contributed by atoms with Gasteiger partial charge >= 0.3 is 0 Å². The first-order valence-electron chi connectivity index (χ1n) is 8.04. The molecule has 0 aromatic carbocycles. The fourth-order valence-corrected chi connectivity index (χ4v) is 3.77. The van der Waals surface area contributed by atoms with Gasteiger partial charge in [0.15, 0.2) is 0 Å². The highest BCUT2D eigenvalue weighted by atomic mass is 16.2. The van der Waals surface area contributed by atoms with E-state index >= 15 is 0 Å². The molecule has 0 spiro atoms. The van der Waals surface area contributed by atoms with Crippen LogP contribution >= 0.6 is 0 Å². The van der Waals surface area contributed by atoms with Crippen LogP contribution in [0.25, 0.3) is 0 Å². The minimum absolute atomic E-state index is 0.0764. The number of nitrogens with one attached hydrogen (secondary N) is 2. The van der Waals surface area contributed by atoms with Crippen molar-refractivity contribution in [3.05, 3.63) is 0 Å². The third kappa shape index (κ3) is 2.97. The molecule has 0 aromatic heterocycles. The average molecular weight is 279 g/mol. The van der Waals surface area contributed by atoms with Crippen LogP contribution in [0.5, 0.6) is 0 Å². The van der Waals surface area contributed by atoms with Crippen LogP contribution in [0.4, 0.5) is 0 Å². The smallest absolute Gasteiger partial charge is 0.225 e. The highest BCUT2D eigenvalue weighted by Gasteiger charge is 2.39. The largest absolute Gasteiger partial charge is 0.352 e. The molecule has 1 aliphatic carbocycles. The number of carbonyl (C=O) groups is 2. The first-order valence-corrected chi connectivity index (χ1v) is 8.04. The Hall–Kier alpha value is -1.10. The highest BCUT2D eigenvalue weighted by Crippen LogP contribution is 2.29. The second-order valence-electron chi connectivity index (χ2n) is 6.44. The van der Waals surface area contributed by atoms with Crippen molar-refractivity contribution in [2.75, 3.05) is 19.6 Å². The number of carbonyl (C=O) groups excluding carboxylic acids is 2.